The van der Waals surface area contributed by atoms with Gasteiger partial charge in [-0.2, -0.15) is 5.10 Å². The van der Waals surface area contributed by atoms with Gasteiger partial charge in [-0.15, -0.1) is 0 Å². The van der Waals surface area contributed by atoms with E-state index in [0.717, 1.165) is 34.9 Å². The molecule has 2 aromatic heterocycles. The van der Waals surface area contributed by atoms with Crippen LogP contribution in [0.3, 0.4) is 0 Å². The van der Waals surface area contributed by atoms with Crippen molar-refractivity contribution in [2.75, 3.05) is 18.0 Å². The first-order chi connectivity index (χ1) is 9.56. The second-order valence-electron chi connectivity index (χ2n) is 5.39. The SMILES string of the molecule is Cc1nc(C(C)C)nc(N2CC(n3cncn3)C2)c1Br. The number of aryl methyl sites for hydroxylation is 1. The van der Waals surface area contributed by atoms with E-state index in [1.165, 1.54) is 0 Å². The predicted octanol–water partition coefficient (Wildman–Crippen LogP) is 2.32. The van der Waals surface area contributed by atoms with Gasteiger partial charge < -0.3 is 4.90 Å². The van der Waals surface area contributed by atoms with Gasteiger partial charge in [0.25, 0.3) is 0 Å². The van der Waals surface area contributed by atoms with E-state index in [4.69, 9.17) is 4.98 Å². The summed E-state index contributed by atoms with van der Waals surface area (Å²) in [7, 11) is 0. The summed E-state index contributed by atoms with van der Waals surface area (Å²) in [6.07, 6.45) is 3.34. The summed E-state index contributed by atoms with van der Waals surface area (Å²) >= 11 is 3.61. The van der Waals surface area contributed by atoms with Crippen LogP contribution in [-0.4, -0.2) is 37.8 Å². The van der Waals surface area contributed by atoms with Gasteiger partial charge in [0.1, 0.15) is 24.3 Å². The van der Waals surface area contributed by atoms with Crippen LogP contribution < -0.4 is 4.90 Å². The van der Waals surface area contributed by atoms with Gasteiger partial charge in [-0.3, -0.25) is 0 Å². The molecule has 0 atom stereocenters. The quantitative estimate of drug-likeness (QED) is 0.860. The van der Waals surface area contributed by atoms with Crippen LogP contribution in [-0.2, 0) is 0 Å². The minimum atomic E-state index is 0.327. The molecule has 7 heteroatoms. The Kier molecular flexibility index (Phi) is 3.45. The lowest BCUT2D eigenvalue weighted by Crippen LogP contribution is -2.48. The summed E-state index contributed by atoms with van der Waals surface area (Å²) in [5.74, 6) is 2.20. The van der Waals surface area contributed by atoms with Crippen molar-refractivity contribution in [3.63, 3.8) is 0 Å². The zero-order chi connectivity index (χ0) is 14.3. The fraction of sp³-hybridized carbons (Fsp3) is 0.538. The molecule has 0 aliphatic carbocycles. The van der Waals surface area contributed by atoms with Gasteiger partial charge >= 0.3 is 0 Å². The van der Waals surface area contributed by atoms with Crippen molar-refractivity contribution in [1.82, 2.24) is 24.7 Å². The lowest BCUT2D eigenvalue weighted by Gasteiger charge is -2.40. The third-order valence-electron chi connectivity index (χ3n) is 3.51. The molecule has 6 nitrogen and oxygen atoms in total. The van der Waals surface area contributed by atoms with E-state index in [0.29, 0.717) is 12.0 Å². The predicted molar refractivity (Wildman–Crippen MR) is 79.8 cm³/mol. The van der Waals surface area contributed by atoms with E-state index in [2.05, 4.69) is 49.7 Å². The van der Waals surface area contributed by atoms with Gasteiger partial charge in [-0.05, 0) is 22.9 Å². The molecule has 0 aromatic carbocycles. The van der Waals surface area contributed by atoms with E-state index < -0.39 is 0 Å². The summed E-state index contributed by atoms with van der Waals surface area (Å²) in [5.41, 5.74) is 0.989. The Morgan fingerprint density at radius 2 is 2.05 bits per heavy atom. The molecule has 0 N–H and O–H groups in total. The molecule has 3 heterocycles. The van der Waals surface area contributed by atoms with E-state index in [1.807, 2.05) is 11.6 Å². The Hall–Kier alpha value is -1.50. The van der Waals surface area contributed by atoms with Crippen LogP contribution in [0, 0.1) is 6.92 Å². The summed E-state index contributed by atoms with van der Waals surface area (Å²) in [4.78, 5) is 15.5. The maximum Gasteiger partial charge on any atom is 0.147 e. The number of hydrogen-bond donors (Lipinski definition) is 0. The average Bonchev–Trinajstić information content (AvgIpc) is 2.85. The molecular weight excluding hydrogens is 320 g/mol. The average molecular weight is 337 g/mol. The van der Waals surface area contributed by atoms with Crippen molar-refractivity contribution in [3.8, 4) is 0 Å². The van der Waals surface area contributed by atoms with Crippen LogP contribution in [0.4, 0.5) is 5.82 Å². The van der Waals surface area contributed by atoms with Crippen LogP contribution in [0.5, 0.6) is 0 Å². The van der Waals surface area contributed by atoms with E-state index in [-0.39, 0.29) is 0 Å². The van der Waals surface area contributed by atoms with Crippen molar-refractivity contribution < 1.29 is 0 Å². The summed E-state index contributed by atoms with van der Waals surface area (Å²) in [6, 6.07) is 0.377. The van der Waals surface area contributed by atoms with Crippen LogP contribution in [0.15, 0.2) is 17.1 Å². The number of hydrogen-bond acceptors (Lipinski definition) is 5. The Labute approximate surface area is 126 Å². The largest absolute Gasteiger partial charge is 0.351 e. The molecule has 20 heavy (non-hydrogen) atoms. The summed E-state index contributed by atoms with van der Waals surface area (Å²) in [6.45, 7) is 8.03. The van der Waals surface area contributed by atoms with Crippen molar-refractivity contribution in [3.05, 3.63) is 28.6 Å². The number of rotatable bonds is 3. The molecule has 0 bridgehead atoms. The lowest BCUT2D eigenvalue weighted by atomic mass is 10.1. The fourth-order valence-electron chi connectivity index (χ4n) is 2.23. The summed E-state index contributed by atoms with van der Waals surface area (Å²) in [5, 5.41) is 4.19. The molecule has 1 fully saturated rings. The van der Waals surface area contributed by atoms with Gasteiger partial charge in [-0.25, -0.2) is 19.6 Å². The first kappa shape index (κ1) is 13.5. The van der Waals surface area contributed by atoms with Crippen molar-refractivity contribution >= 4 is 21.7 Å². The molecule has 0 radical (unpaired) electrons. The van der Waals surface area contributed by atoms with E-state index in [1.54, 1.807) is 12.7 Å². The molecular formula is C13H17BrN6. The molecule has 1 saturated heterocycles. The topological polar surface area (TPSA) is 59.7 Å². The molecule has 2 aromatic rings. The fourth-order valence-corrected chi connectivity index (χ4v) is 2.66. The highest BCUT2D eigenvalue weighted by Crippen LogP contribution is 2.33. The minimum absolute atomic E-state index is 0.327. The highest BCUT2D eigenvalue weighted by molar-refractivity contribution is 9.10. The third kappa shape index (κ3) is 2.30. The number of halogens is 1. The highest BCUT2D eigenvalue weighted by Gasteiger charge is 2.32. The maximum atomic E-state index is 4.69. The third-order valence-corrected chi connectivity index (χ3v) is 4.43. The summed E-state index contributed by atoms with van der Waals surface area (Å²) < 4.78 is 2.89. The van der Waals surface area contributed by atoms with Gasteiger partial charge in [0.15, 0.2) is 0 Å². The molecule has 3 rings (SSSR count). The van der Waals surface area contributed by atoms with Gasteiger partial charge in [-0.1, -0.05) is 13.8 Å². The van der Waals surface area contributed by atoms with Crippen molar-refractivity contribution in [2.45, 2.75) is 32.7 Å². The van der Waals surface area contributed by atoms with Gasteiger partial charge in [0.2, 0.25) is 0 Å². The zero-order valence-corrected chi connectivity index (χ0v) is 13.4. The smallest absolute Gasteiger partial charge is 0.147 e. The van der Waals surface area contributed by atoms with Gasteiger partial charge in [0.05, 0.1) is 16.2 Å². The zero-order valence-electron chi connectivity index (χ0n) is 11.8. The highest BCUT2D eigenvalue weighted by atomic mass is 79.9. The maximum absolute atomic E-state index is 4.69. The second kappa shape index (κ2) is 5.12. The van der Waals surface area contributed by atoms with Crippen molar-refractivity contribution in [2.24, 2.45) is 0 Å². The standard InChI is InChI=1S/C13H17BrN6/c1-8(2)12-17-9(3)11(14)13(18-12)19-4-10(5-19)20-7-15-6-16-20/h6-8,10H,4-5H2,1-3H3. The Morgan fingerprint density at radius 1 is 1.30 bits per heavy atom. The van der Waals surface area contributed by atoms with Crippen LogP contribution in [0.2, 0.25) is 0 Å². The number of aromatic nitrogens is 5. The molecule has 106 valence electrons. The number of nitrogens with zero attached hydrogens (tertiary/aromatic N) is 6. The van der Waals surface area contributed by atoms with Crippen molar-refractivity contribution in [1.29, 1.82) is 0 Å². The van der Waals surface area contributed by atoms with Crippen LogP contribution in [0.25, 0.3) is 0 Å². The molecule has 0 amide bonds. The Morgan fingerprint density at radius 3 is 2.65 bits per heavy atom. The first-order valence-corrected chi connectivity index (χ1v) is 7.48. The molecule has 0 saturated carbocycles. The number of anilines is 1. The molecule has 0 unspecified atom stereocenters. The Bertz CT molecular complexity index is 604. The Balaban J connectivity index is 1.82. The van der Waals surface area contributed by atoms with E-state index in [9.17, 15) is 0 Å². The normalized spacial score (nSPS) is 15.8. The second-order valence-corrected chi connectivity index (χ2v) is 6.19. The van der Waals surface area contributed by atoms with Crippen LogP contribution >= 0.6 is 15.9 Å². The van der Waals surface area contributed by atoms with Crippen LogP contribution in [0.1, 0.15) is 37.3 Å². The first-order valence-electron chi connectivity index (χ1n) is 6.69. The molecule has 0 spiro atoms. The van der Waals surface area contributed by atoms with E-state index >= 15 is 0 Å². The molecule has 1 aliphatic rings. The molecule has 1 aliphatic heterocycles. The minimum Gasteiger partial charge on any atom is -0.351 e. The van der Waals surface area contributed by atoms with Gasteiger partial charge in [0, 0.05) is 19.0 Å². The monoisotopic (exact) mass is 336 g/mol. The lowest BCUT2D eigenvalue weighted by molar-refractivity contribution is 0.364.